The predicted molar refractivity (Wildman–Crippen MR) is 105 cm³/mol. The van der Waals surface area contributed by atoms with Crippen molar-refractivity contribution in [2.45, 2.75) is 48.8 Å². The van der Waals surface area contributed by atoms with E-state index in [1.165, 1.54) is 6.26 Å². The van der Waals surface area contributed by atoms with Gasteiger partial charge in [-0.1, -0.05) is 0 Å². The van der Waals surface area contributed by atoms with E-state index < -0.39 is 31.0 Å². The molecule has 26 heavy (non-hydrogen) atoms. The van der Waals surface area contributed by atoms with Crippen LogP contribution in [0.3, 0.4) is 0 Å². The van der Waals surface area contributed by atoms with Gasteiger partial charge in [-0.05, 0) is 0 Å². The zero-order chi connectivity index (χ0) is 19.2. The molecule has 2 rings (SSSR count). The summed E-state index contributed by atoms with van der Waals surface area (Å²) in [4.78, 5) is 8.58. The molecular weight excluding hydrogens is 455 g/mol. The summed E-state index contributed by atoms with van der Waals surface area (Å²) < 4.78 is 30.6. The molecule has 0 amide bonds. The van der Waals surface area contributed by atoms with E-state index in [2.05, 4.69) is 30.7 Å². The average molecular weight is 481 g/mol. The molecule has 2 aromatic rings. The number of aromatic nitrogens is 2. The molecule has 0 N–H and O–H groups in total. The molecule has 0 aliphatic carbocycles. The number of aryl methyl sites for hydroxylation is 1. The third-order valence-corrected chi connectivity index (χ3v) is 7.88. The maximum atomic E-state index is 11.9. The van der Waals surface area contributed by atoms with Crippen molar-refractivity contribution >= 4 is 34.7 Å². The van der Waals surface area contributed by atoms with Gasteiger partial charge in [-0.25, -0.2) is 0 Å². The molecule has 0 aliphatic heterocycles. The minimum absolute atomic E-state index is 0.0413. The van der Waals surface area contributed by atoms with Crippen molar-refractivity contribution in [3.05, 3.63) is 47.7 Å². The van der Waals surface area contributed by atoms with Crippen LogP contribution in [0.25, 0.3) is 0 Å². The average Bonchev–Trinajstić information content (AvgIpc) is 2.53. The van der Waals surface area contributed by atoms with Gasteiger partial charge in [0.2, 0.25) is 0 Å². The van der Waals surface area contributed by atoms with Crippen LogP contribution in [0.2, 0.25) is 3.43 Å². The van der Waals surface area contributed by atoms with Gasteiger partial charge >= 0.3 is 167 Å². The van der Waals surface area contributed by atoms with Crippen LogP contribution in [-0.2, 0) is 27.6 Å². The van der Waals surface area contributed by atoms with Crippen molar-refractivity contribution in [2.24, 2.45) is 0 Å². The van der Waals surface area contributed by atoms with Gasteiger partial charge in [0.15, 0.2) is 0 Å². The molecule has 0 saturated carbocycles. The van der Waals surface area contributed by atoms with Crippen molar-refractivity contribution in [1.29, 1.82) is 0 Å². The summed E-state index contributed by atoms with van der Waals surface area (Å²) >= 11 is -1.00. The molecule has 0 saturated heterocycles. The summed E-state index contributed by atoms with van der Waals surface area (Å²) in [6.45, 7) is 7.74. The van der Waals surface area contributed by atoms with Crippen LogP contribution in [0.5, 0.6) is 0 Å². The second kappa shape index (κ2) is 9.28. The number of ether oxygens (including phenoxy) is 1. The second-order valence-electron chi connectivity index (χ2n) is 7.32. The monoisotopic (exact) mass is 482 g/mol. The first-order chi connectivity index (χ1) is 12.1. The maximum absolute atomic E-state index is 11.9. The fraction of sp³-hybridized carbons (Fsp3) is 0.474. The van der Waals surface area contributed by atoms with E-state index in [0.717, 1.165) is 21.4 Å². The third kappa shape index (κ3) is 7.71. The van der Waals surface area contributed by atoms with Crippen molar-refractivity contribution in [2.75, 3.05) is 12.9 Å². The summed E-state index contributed by atoms with van der Waals surface area (Å²) in [6.07, 6.45) is 2.66. The Kier molecular flexibility index (Phi) is 7.61. The quantitative estimate of drug-likeness (QED) is 0.330. The number of rotatable bonds is 8. The van der Waals surface area contributed by atoms with Crippen LogP contribution >= 0.6 is 0 Å². The van der Waals surface area contributed by atoms with Gasteiger partial charge in [0.05, 0.1) is 0 Å². The molecule has 1 aromatic carbocycles. The summed E-state index contributed by atoms with van der Waals surface area (Å²) in [6, 6.07) is 12.0. The molecule has 0 bridgehead atoms. The van der Waals surface area contributed by atoms with E-state index in [0.29, 0.717) is 19.6 Å². The second-order valence-corrected chi connectivity index (χ2v) is 15.7. The summed E-state index contributed by atoms with van der Waals surface area (Å²) in [5.41, 5.74) is 1.94. The molecule has 1 heterocycles. The van der Waals surface area contributed by atoms with Crippen molar-refractivity contribution in [3.63, 3.8) is 0 Å². The van der Waals surface area contributed by atoms with Crippen LogP contribution in [0.15, 0.2) is 41.6 Å². The number of hydrogen-bond donors (Lipinski definition) is 0. The Labute approximate surface area is 166 Å². The number of hydrogen-bond acceptors (Lipinski definition) is 5. The normalized spacial score (nSPS) is 12.3. The van der Waals surface area contributed by atoms with Crippen LogP contribution in [0, 0.1) is 0 Å². The van der Waals surface area contributed by atoms with Crippen molar-refractivity contribution in [3.8, 4) is 0 Å². The van der Waals surface area contributed by atoms with Gasteiger partial charge in [-0.15, -0.1) is 0 Å². The molecule has 0 unspecified atom stereocenters. The van der Waals surface area contributed by atoms with Gasteiger partial charge in [-0.3, -0.25) is 0 Å². The Morgan fingerprint density at radius 2 is 1.81 bits per heavy atom. The van der Waals surface area contributed by atoms with Crippen LogP contribution in [0.4, 0.5) is 0 Å². The van der Waals surface area contributed by atoms with E-state index in [4.69, 9.17) is 4.74 Å². The molecule has 140 valence electrons. The Hall–Kier alpha value is -0.991. The summed E-state index contributed by atoms with van der Waals surface area (Å²) in [5, 5.41) is -0.0413. The molecular formula is C19H26N2O3SSn. The van der Waals surface area contributed by atoms with Gasteiger partial charge in [0, 0.05) is 0 Å². The molecule has 5 nitrogen and oxygen atoms in total. The Bertz CT molecular complexity index is 818. The molecule has 0 spiro atoms. The van der Waals surface area contributed by atoms with Gasteiger partial charge in [0.1, 0.15) is 0 Å². The zero-order valence-electron chi connectivity index (χ0n) is 15.8. The van der Waals surface area contributed by atoms with Crippen LogP contribution in [-0.4, -0.2) is 52.4 Å². The molecule has 7 heteroatoms. The van der Waals surface area contributed by atoms with Crippen LogP contribution < -0.4 is 3.71 Å². The summed E-state index contributed by atoms with van der Waals surface area (Å²) in [7, 11) is -3.40. The first-order valence-corrected chi connectivity index (χ1v) is 13.4. The van der Waals surface area contributed by atoms with E-state index in [-0.39, 0.29) is 8.59 Å². The number of nitrogens with zero attached hydrogens (tertiary/aromatic N) is 2. The van der Waals surface area contributed by atoms with E-state index in [9.17, 15) is 8.42 Å². The Morgan fingerprint density at radius 1 is 1.12 bits per heavy atom. The molecule has 0 atom stereocenters. The zero-order valence-corrected chi connectivity index (χ0v) is 19.5. The molecule has 2 radical (unpaired) electrons. The van der Waals surface area contributed by atoms with E-state index in [1.54, 1.807) is 0 Å². The van der Waals surface area contributed by atoms with Crippen LogP contribution in [0.1, 0.15) is 38.4 Å². The first-order valence-electron chi connectivity index (χ1n) is 8.61. The van der Waals surface area contributed by atoms with Gasteiger partial charge in [0.25, 0.3) is 0 Å². The number of benzene rings is 1. The third-order valence-electron chi connectivity index (χ3n) is 3.43. The van der Waals surface area contributed by atoms with E-state index in [1.807, 2.05) is 36.4 Å². The van der Waals surface area contributed by atoms with E-state index >= 15 is 0 Å². The summed E-state index contributed by atoms with van der Waals surface area (Å²) in [5.74, 6) is 0. The Morgan fingerprint density at radius 3 is 2.42 bits per heavy atom. The molecule has 0 fully saturated rings. The Balaban J connectivity index is 1.97. The SMILES string of the molecule is C[C](C)(C)[Sn][c]1cc(CCCOCc2ccccc2)nc(S(C)(=O)=O)n1. The predicted octanol–water partition coefficient (Wildman–Crippen LogP) is 2.58. The standard InChI is InChI=1S/C15H17N2O3S.C4H9.Sn/c1-21(18,19)15-16-10-9-14(17-15)8-5-11-20-12-13-6-3-2-4-7-13;1-4(2)3;/h2-4,6-7,9H,5,8,11-12H2,1H3;1-3H3;. The first kappa shape index (κ1) is 21.3. The molecule has 1 aromatic heterocycles. The van der Waals surface area contributed by atoms with Gasteiger partial charge in [-0.2, -0.15) is 0 Å². The fourth-order valence-corrected chi connectivity index (χ4v) is 6.45. The molecule has 0 aliphatic rings. The number of sulfone groups is 1. The topological polar surface area (TPSA) is 69.2 Å². The van der Waals surface area contributed by atoms with Crippen molar-refractivity contribution in [1.82, 2.24) is 9.97 Å². The van der Waals surface area contributed by atoms with Crippen molar-refractivity contribution < 1.29 is 13.2 Å². The fourth-order valence-electron chi connectivity index (χ4n) is 2.34. The van der Waals surface area contributed by atoms with Gasteiger partial charge < -0.3 is 0 Å². The minimum atomic E-state index is -3.40.